The number of likely N-dealkylation sites (tertiary alicyclic amines) is 1. The number of benzene rings is 1. The third-order valence-corrected chi connectivity index (χ3v) is 4.21. The fraction of sp³-hybridized carbons (Fsp3) is 0.562. The summed E-state index contributed by atoms with van der Waals surface area (Å²) < 4.78 is 33.5. The van der Waals surface area contributed by atoms with Crippen molar-refractivity contribution in [2.45, 2.75) is 25.9 Å². The molecule has 0 aromatic heterocycles. The Labute approximate surface area is 129 Å². The highest BCUT2D eigenvalue weighted by Gasteiger charge is 2.51. The van der Waals surface area contributed by atoms with E-state index in [4.69, 9.17) is 10.5 Å². The van der Waals surface area contributed by atoms with E-state index < -0.39 is 23.9 Å². The predicted molar refractivity (Wildman–Crippen MR) is 79.5 cm³/mol. The molecule has 1 aromatic rings. The van der Waals surface area contributed by atoms with Crippen molar-refractivity contribution in [3.63, 3.8) is 0 Å². The number of hydrogen-bond acceptors (Lipinski definition) is 3. The summed E-state index contributed by atoms with van der Waals surface area (Å²) in [6, 6.07) is 9.25. The first kappa shape index (κ1) is 16.7. The van der Waals surface area contributed by atoms with Crippen molar-refractivity contribution in [1.29, 1.82) is 0 Å². The summed E-state index contributed by atoms with van der Waals surface area (Å²) in [4.78, 5) is 13.5. The van der Waals surface area contributed by atoms with Gasteiger partial charge in [0.25, 0.3) is 5.92 Å². The van der Waals surface area contributed by atoms with Crippen LogP contribution in [0.1, 0.15) is 18.9 Å². The normalized spacial score (nSPS) is 24.1. The number of rotatable bonds is 4. The molecular formula is C16H22F2N2O2. The van der Waals surface area contributed by atoms with Gasteiger partial charge >= 0.3 is 6.09 Å². The van der Waals surface area contributed by atoms with Crippen LogP contribution in [0, 0.1) is 11.8 Å². The van der Waals surface area contributed by atoms with Gasteiger partial charge in [0.2, 0.25) is 0 Å². The van der Waals surface area contributed by atoms with Crippen LogP contribution in [0.4, 0.5) is 13.6 Å². The number of piperidine rings is 1. The Hall–Kier alpha value is -1.69. The van der Waals surface area contributed by atoms with E-state index in [1.54, 1.807) is 6.92 Å². The molecule has 6 heteroatoms. The minimum absolute atomic E-state index is 0.00756. The molecule has 2 N–H and O–H groups in total. The first-order valence-electron chi connectivity index (χ1n) is 7.52. The number of hydrogen-bond donors (Lipinski definition) is 1. The van der Waals surface area contributed by atoms with Gasteiger partial charge in [0.1, 0.15) is 6.61 Å². The van der Waals surface area contributed by atoms with Gasteiger partial charge in [0.15, 0.2) is 0 Å². The molecule has 2 rings (SSSR count). The Morgan fingerprint density at radius 1 is 1.32 bits per heavy atom. The van der Waals surface area contributed by atoms with Crippen molar-refractivity contribution in [3.05, 3.63) is 35.9 Å². The number of nitrogens with two attached hydrogens (primary N) is 1. The fourth-order valence-electron chi connectivity index (χ4n) is 2.78. The van der Waals surface area contributed by atoms with E-state index in [1.165, 1.54) is 4.90 Å². The number of carbonyl (C=O) groups excluding carboxylic acids is 1. The fourth-order valence-corrected chi connectivity index (χ4v) is 2.78. The summed E-state index contributed by atoms with van der Waals surface area (Å²) >= 11 is 0. The lowest BCUT2D eigenvalue weighted by Gasteiger charge is -2.42. The maximum Gasteiger partial charge on any atom is 0.410 e. The van der Waals surface area contributed by atoms with E-state index in [-0.39, 0.29) is 26.2 Å². The molecule has 1 saturated heterocycles. The van der Waals surface area contributed by atoms with Gasteiger partial charge in [-0.05, 0) is 12.0 Å². The average Bonchev–Trinajstić information content (AvgIpc) is 2.53. The number of ether oxygens (including phenoxy) is 1. The Kier molecular flexibility index (Phi) is 5.34. The van der Waals surface area contributed by atoms with Gasteiger partial charge in [-0.15, -0.1) is 0 Å². The van der Waals surface area contributed by atoms with E-state index >= 15 is 0 Å². The van der Waals surface area contributed by atoms with Crippen LogP contribution >= 0.6 is 0 Å². The zero-order valence-corrected chi connectivity index (χ0v) is 12.7. The Morgan fingerprint density at radius 3 is 2.55 bits per heavy atom. The van der Waals surface area contributed by atoms with Gasteiger partial charge in [0.05, 0.1) is 5.92 Å². The van der Waals surface area contributed by atoms with Gasteiger partial charge < -0.3 is 15.4 Å². The first-order chi connectivity index (χ1) is 10.5. The van der Waals surface area contributed by atoms with Gasteiger partial charge in [-0.3, -0.25) is 0 Å². The van der Waals surface area contributed by atoms with Crippen LogP contribution in [0.3, 0.4) is 0 Å². The van der Waals surface area contributed by atoms with Crippen molar-refractivity contribution in [1.82, 2.24) is 4.90 Å². The molecule has 1 heterocycles. The lowest BCUT2D eigenvalue weighted by molar-refractivity contribution is -0.143. The SMILES string of the molecule is CCC1CN(C(=O)OCc2ccccc2)CC(CN)C1(F)F. The first-order valence-corrected chi connectivity index (χ1v) is 7.52. The van der Waals surface area contributed by atoms with Gasteiger partial charge in [0, 0.05) is 25.6 Å². The highest BCUT2D eigenvalue weighted by atomic mass is 19.3. The van der Waals surface area contributed by atoms with Crippen molar-refractivity contribution >= 4 is 6.09 Å². The predicted octanol–water partition coefficient (Wildman–Crippen LogP) is 2.88. The van der Waals surface area contributed by atoms with Gasteiger partial charge in [-0.25, -0.2) is 13.6 Å². The summed E-state index contributed by atoms with van der Waals surface area (Å²) in [6.45, 7) is 1.63. The molecule has 1 aliphatic heterocycles. The number of nitrogens with zero attached hydrogens (tertiary/aromatic N) is 1. The summed E-state index contributed by atoms with van der Waals surface area (Å²) in [7, 11) is 0. The summed E-state index contributed by atoms with van der Waals surface area (Å²) in [5, 5.41) is 0. The molecule has 0 spiro atoms. The molecule has 4 nitrogen and oxygen atoms in total. The molecule has 1 aromatic carbocycles. The summed E-state index contributed by atoms with van der Waals surface area (Å²) in [6.07, 6.45) is -0.261. The quantitative estimate of drug-likeness (QED) is 0.930. The summed E-state index contributed by atoms with van der Waals surface area (Å²) in [5.74, 6) is -4.73. The molecule has 0 bridgehead atoms. The number of halogens is 2. The number of amides is 1. The molecular weight excluding hydrogens is 290 g/mol. The second kappa shape index (κ2) is 7.05. The molecule has 2 unspecified atom stereocenters. The molecule has 2 atom stereocenters. The molecule has 1 fully saturated rings. The van der Waals surface area contributed by atoms with E-state index in [9.17, 15) is 13.6 Å². The van der Waals surface area contributed by atoms with Crippen molar-refractivity contribution < 1.29 is 18.3 Å². The zero-order chi connectivity index (χ0) is 16.2. The maximum atomic E-state index is 14.2. The summed E-state index contributed by atoms with van der Waals surface area (Å²) in [5.41, 5.74) is 6.33. The minimum atomic E-state index is -2.83. The molecule has 1 aliphatic rings. The van der Waals surface area contributed by atoms with Crippen LogP contribution in [-0.4, -0.2) is 36.5 Å². The second-order valence-corrected chi connectivity index (χ2v) is 5.66. The van der Waals surface area contributed by atoms with Crippen LogP contribution in [0.2, 0.25) is 0 Å². The van der Waals surface area contributed by atoms with E-state index in [0.29, 0.717) is 6.42 Å². The van der Waals surface area contributed by atoms with Crippen LogP contribution in [0.25, 0.3) is 0 Å². The monoisotopic (exact) mass is 312 g/mol. The van der Waals surface area contributed by atoms with Gasteiger partial charge in [-0.2, -0.15) is 0 Å². The van der Waals surface area contributed by atoms with E-state index in [0.717, 1.165) is 5.56 Å². The van der Waals surface area contributed by atoms with Crippen molar-refractivity contribution in [2.24, 2.45) is 17.6 Å². The second-order valence-electron chi connectivity index (χ2n) is 5.66. The lowest BCUT2D eigenvalue weighted by atomic mass is 9.83. The molecule has 0 radical (unpaired) electrons. The smallest absolute Gasteiger partial charge is 0.410 e. The molecule has 0 aliphatic carbocycles. The highest BCUT2D eigenvalue weighted by molar-refractivity contribution is 5.68. The molecule has 0 saturated carbocycles. The molecule has 1 amide bonds. The average molecular weight is 312 g/mol. The van der Waals surface area contributed by atoms with Crippen molar-refractivity contribution in [2.75, 3.05) is 19.6 Å². The highest BCUT2D eigenvalue weighted by Crippen LogP contribution is 2.39. The minimum Gasteiger partial charge on any atom is -0.445 e. The Bertz CT molecular complexity index is 480. The third-order valence-electron chi connectivity index (χ3n) is 4.21. The Morgan fingerprint density at radius 2 is 1.95 bits per heavy atom. The third kappa shape index (κ3) is 3.55. The Balaban J connectivity index is 1.98. The maximum absolute atomic E-state index is 14.2. The van der Waals surface area contributed by atoms with Crippen LogP contribution in [-0.2, 0) is 11.3 Å². The molecule has 122 valence electrons. The van der Waals surface area contributed by atoms with Crippen LogP contribution in [0.15, 0.2) is 30.3 Å². The van der Waals surface area contributed by atoms with Crippen LogP contribution < -0.4 is 5.73 Å². The zero-order valence-electron chi connectivity index (χ0n) is 12.7. The van der Waals surface area contributed by atoms with Crippen molar-refractivity contribution in [3.8, 4) is 0 Å². The van der Waals surface area contributed by atoms with Gasteiger partial charge in [-0.1, -0.05) is 37.3 Å². The van der Waals surface area contributed by atoms with E-state index in [2.05, 4.69) is 0 Å². The van der Waals surface area contributed by atoms with Crippen LogP contribution in [0.5, 0.6) is 0 Å². The lowest BCUT2D eigenvalue weighted by Crippen LogP contribution is -2.57. The topological polar surface area (TPSA) is 55.6 Å². The standard InChI is InChI=1S/C16H22F2N2O2/c1-2-13-9-20(10-14(8-19)16(13,17)18)15(21)22-11-12-6-4-3-5-7-12/h3-7,13-14H,2,8-11,19H2,1H3. The van der Waals surface area contributed by atoms with E-state index in [1.807, 2.05) is 30.3 Å². The number of alkyl halides is 2. The molecule has 22 heavy (non-hydrogen) atoms. The largest absolute Gasteiger partial charge is 0.445 e. The number of carbonyl (C=O) groups is 1.